The quantitative estimate of drug-likeness (QED) is 0.744. The highest BCUT2D eigenvalue weighted by atomic mass is 16.5. The van der Waals surface area contributed by atoms with Crippen molar-refractivity contribution < 1.29 is 9.53 Å². The van der Waals surface area contributed by atoms with E-state index in [-0.39, 0.29) is 11.3 Å². The molecule has 0 amide bonds. The Balaban J connectivity index is 2.12. The lowest BCUT2D eigenvalue weighted by Crippen LogP contribution is -2.43. The predicted molar refractivity (Wildman–Crippen MR) is 97.9 cm³/mol. The molecule has 0 N–H and O–H groups in total. The average molecular weight is 357 g/mol. The molecule has 7 heteroatoms. The molecule has 1 aromatic carbocycles. The third-order valence-corrected chi connectivity index (χ3v) is 4.94. The van der Waals surface area contributed by atoms with Crippen LogP contribution in [0, 0.1) is 0 Å². The molecule has 1 fully saturated rings. The van der Waals surface area contributed by atoms with Crippen molar-refractivity contribution in [2.24, 2.45) is 14.1 Å². The topological polar surface area (TPSA) is 73.5 Å². The highest BCUT2D eigenvalue weighted by Crippen LogP contribution is 2.18. The van der Waals surface area contributed by atoms with E-state index in [1.165, 1.54) is 11.6 Å². The van der Waals surface area contributed by atoms with Gasteiger partial charge in [0.15, 0.2) is 5.78 Å². The third-order valence-electron chi connectivity index (χ3n) is 4.94. The molecule has 0 saturated carbocycles. The molecule has 1 aliphatic rings. The Kier molecular flexibility index (Phi) is 5.08. The van der Waals surface area contributed by atoms with E-state index in [4.69, 9.17) is 4.74 Å². The maximum Gasteiger partial charge on any atom is 0.330 e. The maximum absolute atomic E-state index is 13.1. The van der Waals surface area contributed by atoms with Gasteiger partial charge in [-0.3, -0.25) is 23.6 Å². The van der Waals surface area contributed by atoms with E-state index in [9.17, 15) is 14.4 Å². The second-order valence-electron chi connectivity index (χ2n) is 6.57. The number of carbonyl (C=O) groups is 1. The van der Waals surface area contributed by atoms with Gasteiger partial charge in [0, 0.05) is 26.2 Å². The van der Waals surface area contributed by atoms with Crippen molar-refractivity contribution in [3.05, 3.63) is 61.9 Å². The van der Waals surface area contributed by atoms with Crippen LogP contribution in [-0.2, 0) is 20.6 Å². The van der Waals surface area contributed by atoms with Crippen molar-refractivity contribution in [1.82, 2.24) is 14.0 Å². The molecule has 0 unspecified atom stereocenters. The van der Waals surface area contributed by atoms with Gasteiger partial charge in [-0.05, 0) is 50.2 Å². The Morgan fingerprint density at radius 3 is 2.23 bits per heavy atom. The van der Waals surface area contributed by atoms with Gasteiger partial charge in [0.05, 0.1) is 12.8 Å². The summed E-state index contributed by atoms with van der Waals surface area (Å²) >= 11 is 0. The van der Waals surface area contributed by atoms with Gasteiger partial charge in [-0.15, -0.1) is 0 Å². The van der Waals surface area contributed by atoms with Gasteiger partial charge in [-0.2, -0.15) is 0 Å². The van der Waals surface area contributed by atoms with E-state index < -0.39 is 11.2 Å². The summed E-state index contributed by atoms with van der Waals surface area (Å²) in [5.74, 6) is 0.255. The predicted octanol–water partition coefficient (Wildman–Crippen LogP) is 0.919. The van der Waals surface area contributed by atoms with E-state index in [0.29, 0.717) is 23.6 Å². The van der Waals surface area contributed by atoms with E-state index >= 15 is 0 Å². The van der Waals surface area contributed by atoms with Crippen LogP contribution in [0.4, 0.5) is 0 Å². The normalized spacial score (nSPS) is 14.6. The first kappa shape index (κ1) is 18.1. The van der Waals surface area contributed by atoms with Gasteiger partial charge in [0.25, 0.3) is 5.56 Å². The summed E-state index contributed by atoms with van der Waals surface area (Å²) in [5, 5.41) is 0. The van der Waals surface area contributed by atoms with Crippen LogP contribution >= 0.6 is 0 Å². The summed E-state index contributed by atoms with van der Waals surface area (Å²) in [6.45, 7) is 2.22. The molecule has 2 aromatic rings. The number of ether oxygens (including phenoxy) is 1. The zero-order valence-corrected chi connectivity index (χ0v) is 15.3. The largest absolute Gasteiger partial charge is 0.497 e. The molecule has 0 aliphatic carbocycles. The van der Waals surface area contributed by atoms with E-state index in [1.807, 2.05) is 0 Å². The number of likely N-dealkylation sites (tertiary alicyclic amines) is 1. The lowest BCUT2D eigenvalue weighted by molar-refractivity contribution is 0.103. The summed E-state index contributed by atoms with van der Waals surface area (Å²) in [6, 6.07) is 6.62. The van der Waals surface area contributed by atoms with Gasteiger partial charge in [0.1, 0.15) is 11.3 Å². The Labute approximate surface area is 151 Å². The van der Waals surface area contributed by atoms with Crippen molar-refractivity contribution in [1.29, 1.82) is 0 Å². The summed E-state index contributed by atoms with van der Waals surface area (Å²) < 4.78 is 7.52. The molecule has 0 radical (unpaired) electrons. The minimum atomic E-state index is -0.553. The first-order valence-electron chi connectivity index (χ1n) is 8.64. The molecule has 3 rings (SSSR count). The molecule has 26 heavy (non-hydrogen) atoms. The fourth-order valence-electron chi connectivity index (χ4n) is 3.34. The Hall–Kier alpha value is -2.67. The van der Waals surface area contributed by atoms with Crippen LogP contribution in [-0.4, -0.2) is 40.0 Å². The van der Waals surface area contributed by atoms with Crippen molar-refractivity contribution in [3.8, 4) is 5.75 Å². The van der Waals surface area contributed by atoms with E-state index in [2.05, 4.69) is 4.90 Å². The molecule has 0 spiro atoms. The highest BCUT2D eigenvalue weighted by Gasteiger charge is 2.25. The maximum atomic E-state index is 13.1. The smallest absolute Gasteiger partial charge is 0.330 e. The van der Waals surface area contributed by atoms with Crippen molar-refractivity contribution in [2.45, 2.75) is 19.4 Å². The number of carbonyl (C=O) groups excluding carboxylic acids is 1. The number of hydrogen-bond acceptors (Lipinski definition) is 5. The minimum absolute atomic E-state index is 0.0617. The fourth-order valence-corrected chi connectivity index (χ4v) is 3.34. The molecule has 138 valence electrons. The Morgan fingerprint density at radius 2 is 1.65 bits per heavy atom. The highest BCUT2D eigenvalue weighted by molar-refractivity contribution is 6.09. The SMILES string of the molecule is COc1ccc(C(=O)c2c(CN3CCCC3)n(C)c(=O)n(C)c2=O)cc1. The second kappa shape index (κ2) is 7.29. The molecule has 0 bridgehead atoms. The van der Waals surface area contributed by atoms with Crippen LogP contribution in [0.25, 0.3) is 0 Å². The van der Waals surface area contributed by atoms with Crippen LogP contribution in [0.3, 0.4) is 0 Å². The number of nitrogens with zero attached hydrogens (tertiary/aromatic N) is 3. The standard InChI is InChI=1S/C19H23N3O4/c1-20-15(12-22-10-4-5-11-22)16(18(24)21(2)19(20)25)17(23)13-6-8-14(26-3)9-7-13/h6-9H,4-5,10-12H2,1-3H3. The van der Waals surface area contributed by atoms with E-state index in [0.717, 1.165) is 30.5 Å². The Morgan fingerprint density at radius 1 is 1.04 bits per heavy atom. The molecular weight excluding hydrogens is 334 g/mol. The van der Waals surface area contributed by atoms with Gasteiger partial charge in [-0.25, -0.2) is 4.79 Å². The summed E-state index contributed by atoms with van der Waals surface area (Å²) in [7, 11) is 4.56. The van der Waals surface area contributed by atoms with E-state index in [1.54, 1.807) is 38.4 Å². The van der Waals surface area contributed by atoms with Gasteiger partial charge < -0.3 is 4.74 Å². The fraction of sp³-hybridized carbons (Fsp3) is 0.421. The lowest BCUT2D eigenvalue weighted by Gasteiger charge is -2.20. The first-order valence-corrected chi connectivity index (χ1v) is 8.64. The number of aromatic nitrogens is 2. The van der Waals surface area contributed by atoms with Crippen LogP contribution in [0.5, 0.6) is 5.75 Å². The minimum Gasteiger partial charge on any atom is -0.497 e. The molecular formula is C19H23N3O4. The molecule has 7 nitrogen and oxygen atoms in total. The number of ketones is 1. The first-order chi connectivity index (χ1) is 12.4. The van der Waals surface area contributed by atoms with Gasteiger partial charge in [-0.1, -0.05) is 0 Å². The Bertz CT molecular complexity index is 935. The monoisotopic (exact) mass is 357 g/mol. The van der Waals surface area contributed by atoms with Crippen molar-refractivity contribution >= 4 is 5.78 Å². The van der Waals surface area contributed by atoms with Gasteiger partial charge in [0.2, 0.25) is 0 Å². The summed E-state index contributed by atoms with van der Waals surface area (Å²) in [4.78, 5) is 40.4. The van der Waals surface area contributed by atoms with Gasteiger partial charge >= 0.3 is 5.69 Å². The molecule has 2 heterocycles. The number of benzene rings is 1. The zero-order chi connectivity index (χ0) is 18.8. The second-order valence-corrected chi connectivity index (χ2v) is 6.57. The summed E-state index contributed by atoms with van der Waals surface area (Å²) in [6.07, 6.45) is 2.17. The number of hydrogen-bond donors (Lipinski definition) is 0. The number of methoxy groups -OCH3 is 1. The number of rotatable bonds is 5. The van der Waals surface area contributed by atoms with Crippen molar-refractivity contribution in [3.63, 3.8) is 0 Å². The zero-order valence-electron chi connectivity index (χ0n) is 15.3. The third kappa shape index (κ3) is 3.22. The van der Waals surface area contributed by atoms with Crippen LogP contribution in [0.15, 0.2) is 33.9 Å². The average Bonchev–Trinajstić information content (AvgIpc) is 3.17. The molecule has 1 aliphatic heterocycles. The van der Waals surface area contributed by atoms with Crippen LogP contribution < -0.4 is 16.0 Å². The molecule has 0 atom stereocenters. The van der Waals surface area contributed by atoms with Crippen molar-refractivity contribution in [2.75, 3.05) is 20.2 Å². The van der Waals surface area contributed by atoms with Crippen LogP contribution in [0.1, 0.15) is 34.5 Å². The lowest BCUT2D eigenvalue weighted by atomic mass is 10.0. The van der Waals surface area contributed by atoms with Crippen LogP contribution in [0.2, 0.25) is 0 Å². The molecule has 1 aromatic heterocycles. The summed E-state index contributed by atoms with van der Waals surface area (Å²) in [5.41, 5.74) is -0.0460. The molecule has 1 saturated heterocycles.